The summed E-state index contributed by atoms with van der Waals surface area (Å²) in [5.74, 6) is -0.331. The summed E-state index contributed by atoms with van der Waals surface area (Å²) < 4.78 is 12.9. The predicted molar refractivity (Wildman–Crippen MR) is 70.4 cm³/mol. The van der Waals surface area contributed by atoms with E-state index < -0.39 is 0 Å². The zero-order chi connectivity index (χ0) is 13.0. The minimum absolute atomic E-state index is 0.0146. The van der Waals surface area contributed by atoms with E-state index in [4.69, 9.17) is 0 Å². The standard InChI is InChI=1S/C15H14FNO/c1-11-5-7-12(8-6-11)15(18)10-17-14-4-2-3-13(16)9-14/h2-9,17H,10H2,1H3. The van der Waals surface area contributed by atoms with E-state index in [1.54, 1.807) is 24.3 Å². The van der Waals surface area contributed by atoms with Crippen LogP contribution in [-0.2, 0) is 0 Å². The molecule has 0 aliphatic carbocycles. The lowest BCUT2D eigenvalue weighted by Gasteiger charge is -2.06. The number of carbonyl (C=O) groups excluding carboxylic acids is 1. The van der Waals surface area contributed by atoms with Crippen LogP contribution < -0.4 is 5.32 Å². The first-order valence-corrected chi connectivity index (χ1v) is 5.74. The van der Waals surface area contributed by atoms with Crippen LogP contribution in [-0.4, -0.2) is 12.3 Å². The van der Waals surface area contributed by atoms with Gasteiger partial charge < -0.3 is 5.32 Å². The summed E-state index contributed by atoms with van der Waals surface area (Å²) in [7, 11) is 0. The van der Waals surface area contributed by atoms with Crippen LogP contribution >= 0.6 is 0 Å². The molecule has 2 aromatic rings. The van der Waals surface area contributed by atoms with Crippen molar-refractivity contribution in [2.75, 3.05) is 11.9 Å². The second kappa shape index (κ2) is 5.45. The minimum Gasteiger partial charge on any atom is -0.377 e. The van der Waals surface area contributed by atoms with E-state index >= 15 is 0 Å². The first-order valence-electron chi connectivity index (χ1n) is 5.74. The highest BCUT2D eigenvalue weighted by Crippen LogP contribution is 2.10. The Morgan fingerprint density at radius 1 is 1.17 bits per heavy atom. The molecule has 0 atom stereocenters. The third-order valence-electron chi connectivity index (χ3n) is 2.65. The second-order valence-electron chi connectivity index (χ2n) is 4.15. The molecule has 0 spiro atoms. The lowest BCUT2D eigenvalue weighted by Crippen LogP contribution is -2.13. The van der Waals surface area contributed by atoms with E-state index in [1.165, 1.54) is 12.1 Å². The maximum atomic E-state index is 12.9. The van der Waals surface area contributed by atoms with Crippen LogP contribution in [0.2, 0.25) is 0 Å². The van der Waals surface area contributed by atoms with Crippen LogP contribution in [0.1, 0.15) is 15.9 Å². The fourth-order valence-electron chi connectivity index (χ4n) is 1.62. The molecule has 0 unspecified atom stereocenters. The molecule has 0 aliphatic heterocycles. The van der Waals surface area contributed by atoms with E-state index in [0.717, 1.165) is 5.56 Å². The maximum Gasteiger partial charge on any atom is 0.181 e. The van der Waals surface area contributed by atoms with Crippen molar-refractivity contribution in [2.45, 2.75) is 6.92 Å². The molecule has 92 valence electrons. The molecular weight excluding hydrogens is 229 g/mol. The van der Waals surface area contributed by atoms with Crippen LogP contribution in [0.15, 0.2) is 48.5 Å². The zero-order valence-electron chi connectivity index (χ0n) is 10.1. The van der Waals surface area contributed by atoms with Gasteiger partial charge in [0.2, 0.25) is 0 Å². The number of aryl methyl sites for hydroxylation is 1. The molecule has 0 heterocycles. The Balaban J connectivity index is 1.98. The first-order chi connectivity index (χ1) is 8.65. The van der Waals surface area contributed by atoms with Gasteiger partial charge in [-0.2, -0.15) is 0 Å². The zero-order valence-corrected chi connectivity index (χ0v) is 10.1. The van der Waals surface area contributed by atoms with Crippen LogP contribution in [0, 0.1) is 12.7 Å². The molecule has 3 heteroatoms. The first kappa shape index (κ1) is 12.3. The molecule has 0 aliphatic rings. The van der Waals surface area contributed by atoms with Crippen LogP contribution in [0.3, 0.4) is 0 Å². The van der Waals surface area contributed by atoms with Crippen LogP contribution in [0.5, 0.6) is 0 Å². The summed E-state index contributed by atoms with van der Waals surface area (Å²) in [5.41, 5.74) is 2.38. The largest absolute Gasteiger partial charge is 0.377 e. The highest BCUT2D eigenvalue weighted by Gasteiger charge is 2.05. The van der Waals surface area contributed by atoms with Gasteiger partial charge in [-0.25, -0.2) is 4.39 Å². The molecule has 2 aromatic carbocycles. The minimum atomic E-state index is -0.317. The lowest BCUT2D eigenvalue weighted by molar-refractivity contribution is 0.101. The second-order valence-corrected chi connectivity index (χ2v) is 4.15. The summed E-state index contributed by atoms with van der Waals surface area (Å²) in [4.78, 5) is 11.9. The van der Waals surface area contributed by atoms with Crippen molar-refractivity contribution in [2.24, 2.45) is 0 Å². The third kappa shape index (κ3) is 3.17. The van der Waals surface area contributed by atoms with Crippen molar-refractivity contribution in [3.63, 3.8) is 0 Å². The van der Waals surface area contributed by atoms with Gasteiger partial charge >= 0.3 is 0 Å². The Kier molecular flexibility index (Phi) is 3.72. The normalized spacial score (nSPS) is 10.1. The van der Waals surface area contributed by atoms with Gasteiger partial charge in [0.15, 0.2) is 5.78 Å². The quantitative estimate of drug-likeness (QED) is 0.833. The number of nitrogens with one attached hydrogen (secondary N) is 1. The highest BCUT2D eigenvalue weighted by molar-refractivity contribution is 5.98. The SMILES string of the molecule is Cc1ccc(C(=O)CNc2cccc(F)c2)cc1. The van der Waals surface area contributed by atoms with Gasteiger partial charge in [-0.3, -0.25) is 4.79 Å². The number of benzene rings is 2. The predicted octanol–water partition coefficient (Wildman–Crippen LogP) is 3.43. The Hall–Kier alpha value is -2.16. The summed E-state index contributed by atoms with van der Waals surface area (Å²) in [5, 5.41) is 2.91. The smallest absolute Gasteiger partial charge is 0.181 e. The summed E-state index contributed by atoms with van der Waals surface area (Å²) in [6.45, 7) is 2.13. The van der Waals surface area contributed by atoms with E-state index in [2.05, 4.69) is 5.32 Å². The molecule has 0 bridgehead atoms. The molecule has 2 nitrogen and oxygen atoms in total. The van der Waals surface area contributed by atoms with Crippen LogP contribution in [0.25, 0.3) is 0 Å². The Labute approximate surface area is 105 Å². The summed E-state index contributed by atoms with van der Waals surface area (Å²) >= 11 is 0. The van der Waals surface area contributed by atoms with Gasteiger partial charge in [-0.1, -0.05) is 35.9 Å². The van der Waals surface area contributed by atoms with Gasteiger partial charge in [0.05, 0.1) is 6.54 Å². The average Bonchev–Trinajstić information content (AvgIpc) is 2.37. The van der Waals surface area contributed by atoms with Crippen molar-refractivity contribution < 1.29 is 9.18 Å². The van der Waals surface area contributed by atoms with Crippen LogP contribution in [0.4, 0.5) is 10.1 Å². The maximum absolute atomic E-state index is 12.9. The number of hydrogen-bond acceptors (Lipinski definition) is 2. The van der Waals surface area contributed by atoms with Crippen molar-refractivity contribution >= 4 is 11.5 Å². The van der Waals surface area contributed by atoms with Crippen molar-refractivity contribution in [1.82, 2.24) is 0 Å². The summed E-state index contributed by atoms with van der Waals surface area (Å²) in [6.07, 6.45) is 0. The number of rotatable bonds is 4. The number of Topliss-reactive ketones (excluding diaryl/α,β-unsaturated/α-hetero) is 1. The molecule has 1 N–H and O–H groups in total. The fourth-order valence-corrected chi connectivity index (χ4v) is 1.62. The molecule has 0 saturated heterocycles. The topological polar surface area (TPSA) is 29.1 Å². The van der Waals surface area contributed by atoms with Gasteiger partial charge in [0.1, 0.15) is 5.82 Å². The van der Waals surface area contributed by atoms with E-state index in [0.29, 0.717) is 11.3 Å². The van der Waals surface area contributed by atoms with Crippen molar-refractivity contribution in [3.05, 3.63) is 65.5 Å². The van der Waals surface area contributed by atoms with Gasteiger partial charge in [-0.05, 0) is 25.1 Å². The van der Waals surface area contributed by atoms with Gasteiger partial charge in [0.25, 0.3) is 0 Å². The molecular formula is C15H14FNO. The Morgan fingerprint density at radius 2 is 1.89 bits per heavy atom. The highest BCUT2D eigenvalue weighted by atomic mass is 19.1. The molecule has 2 rings (SSSR count). The van der Waals surface area contributed by atoms with Crippen molar-refractivity contribution in [3.8, 4) is 0 Å². The fraction of sp³-hybridized carbons (Fsp3) is 0.133. The Bertz CT molecular complexity index is 549. The monoisotopic (exact) mass is 243 g/mol. The molecule has 0 saturated carbocycles. The third-order valence-corrected chi connectivity index (χ3v) is 2.65. The Morgan fingerprint density at radius 3 is 2.56 bits per heavy atom. The molecule has 0 radical (unpaired) electrons. The number of ketones is 1. The number of halogens is 1. The van der Waals surface area contributed by atoms with E-state index in [-0.39, 0.29) is 18.1 Å². The number of hydrogen-bond donors (Lipinski definition) is 1. The molecule has 0 fully saturated rings. The number of anilines is 1. The molecule has 18 heavy (non-hydrogen) atoms. The summed E-state index contributed by atoms with van der Waals surface area (Å²) in [6, 6.07) is 13.5. The number of carbonyl (C=O) groups is 1. The van der Waals surface area contributed by atoms with E-state index in [1.807, 2.05) is 19.1 Å². The van der Waals surface area contributed by atoms with E-state index in [9.17, 15) is 9.18 Å². The lowest BCUT2D eigenvalue weighted by atomic mass is 10.1. The molecule has 0 amide bonds. The van der Waals surface area contributed by atoms with Crippen molar-refractivity contribution in [1.29, 1.82) is 0 Å². The van der Waals surface area contributed by atoms with Gasteiger partial charge in [0, 0.05) is 11.3 Å². The average molecular weight is 243 g/mol. The molecule has 0 aromatic heterocycles. The van der Waals surface area contributed by atoms with Gasteiger partial charge in [-0.15, -0.1) is 0 Å².